The minimum Gasteiger partial charge on any atom is -0.368 e. The van der Waals surface area contributed by atoms with Crippen LogP contribution in [0.1, 0.15) is 43.4 Å². The molecule has 0 spiro atoms. The van der Waals surface area contributed by atoms with Gasteiger partial charge in [-0.15, -0.1) is 0 Å². The molecule has 2 aromatic rings. The van der Waals surface area contributed by atoms with E-state index in [9.17, 15) is 4.39 Å². The molecular weight excluding hydrogens is 317 g/mol. The molecule has 1 aromatic heterocycles. The first-order chi connectivity index (χ1) is 12.1. The predicted molar refractivity (Wildman–Crippen MR) is 95.7 cm³/mol. The monoisotopic (exact) mass is 341 g/mol. The molecule has 25 heavy (non-hydrogen) atoms. The van der Waals surface area contributed by atoms with Crippen molar-refractivity contribution in [2.24, 2.45) is 7.05 Å². The van der Waals surface area contributed by atoms with Crippen LogP contribution in [0.3, 0.4) is 0 Å². The van der Waals surface area contributed by atoms with Gasteiger partial charge in [0.05, 0.1) is 23.5 Å². The molecule has 2 unspecified atom stereocenters. The van der Waals surface area contributed by atoms with Gasteiger partial charge in [-0.2, -0.15) is 10.4 Å². The van der Waals surface area contributed by atoms with Crippen molar-refractivity contribution in [2.45, 2.75) is 38.3 Å². The first-order valence-corrected chi connectivity index (χ1v) is 8.80. The maximum Gasteiger partial charge on any atom is 0.147 e. The molecule has 1 N–H and O–H groups in total. The molecule has 5 nitrogen and oxygen atoms in total. The highest BCUT2D eigenvalue weighted by atomic mass is 19.1. The smallest absolute Gasteiger partial charge is 0.147 e. The topological polar surface area (TPSA) is 56.9 Å². The van der Waals surface area contributed by atoms with Crippen molar-refractivity contribution in [3.63, 3.8) is 0 Å². The predicted octanol–water partition coefficient (Wildman–Crippen LogP) is 3.14. The summed E-state index contributed by atoms with van der Waals surface area (Å²) < 4.78 is 16.1. The van der Waals surface area contributed by atoms with E-state index in [0.717, 1.165) is 32.4 Å². The van der Waals surface area contributed by atoms with Crippen LogP contribution in [0.25, 0.3) is 0 Å². The summed E-state index contributed by atoms with van der Waals surface area (Å²) in [5.74, 6) is -0.320. The van der Waals surface area contributed by atoms with Crippen LogP contribution >= 0.6 is 0 Å². The van der Waals surface area contributed by atoms with Gasteiger partial charge in [-0.05, 0) is 37.5 Å². The lowest BCUT2D eigenvalue weighted by Gasteiger charge is -2.36. The van der Waals surface area contributed by atoms with Crippen LogP contribution in [0.2, 0.25) is 0 Å². The van der Waals surface area contributed by atoms with Gasteiger partial charge in [-0.1, -0.05) is 6.92 Å². The van der Waals surface area contributed by atoms with Crippen molar-refractivity contribution >= 4 is 5.69 Å². The zero-order valence-electron chi connectivity index (χ0n) is 14.7. The molecule has 1 saturated heterocycles. The summed E-state index contributed by atoms with van der Waals surface area (Å²) in [6.07, 6.45) is 7.02. The Bertz CT molecular complexity index is 763. The van der Waals surface area contributed by atoms with Crippen molar-refractivity contribution in [2.75, 3.05) is 18.0 Å². The van der Waals surface area contributed by atoms with E-state index in [1.54, 1.807) is 12.1 Å². The zero-order chi connectivity index (χ0) is 17.8. The molecule has 0 aliphatic carbocycles. The maximum atomic E-state index is 14.3. The average Bonchev–Trinajstić information content (AvgIpc) is 3.06. The number of aromatic nitrogens is 2. The van der Waals surface area contributed by atoms with Gasteiger partial charge in [-0.3, -0.25) is 4.68 Å². The Hall–Kier alpha value is -2.39. The molecule has 0 saturated carbocycles. The Labute approximate surface area is 148 Å². The molecule has 0 radical (unpaired) electrons. The van der Waals surface area contributed by atoms with Crippen LogP contribution in [0.5, 0.6) is 0 Å². The van der Waals surface area contributed by atoms with Crippen LogP contribution in [-0.4, -0.2) is 28.9 Å². The highest BCUT2D eigenvalue weighted by Gasteiger charge is 2.24. The normalized spacial score (nSPS) is 18.8. The van der Waals surface area contributed by atoms with Crippen molar-refractivity contribution in [3.05, 3.63) is 47.5 Å². The van der Waals surface area contributed by atoms with E-state index in [1.807, 2.05) is 30.2 Å². The quantitative estimate of drug-likeness (QED) is 0.908. The van der Waals surface area contributed by atoms with Gasteiger partial charge in [0.15, 0.2) is 0 Å². The molecule has 3 rings (SSSR count). The lowest BCUT2D eigenvalue weighted by Crippen LogP contribution is -2.47. The second-order valence-corrected chi connectivity index (χ2v) is 6.64. The Morgan fingerprint density at radius 1 is 1.48 bits per heavy atom. The Morgan fingerprint density at radius 2 is 2.32 bits per heavy atom. The van der Waals surface area contributed by atoms with E-state index in [0.29, 0.717) is 17.3 Å². The highest BCUT2D eigenvalue weighted by molar-refractivity contribution is 5.51. The summed E-state index contributed by atoms with van der Waals surface area (Å²) in [6.45, 7) is 3.76. The fourth-order valence-electron chi connectivity index (χ4n) is 3.52. The summed E-state index contributed by atoms with van der Waals surface area (Å²) in [7, 11) is 1.92. The third-order valence-electron chi connectivity index (χ3n) is 4.81. The number of piperidine rings is 1. The summed E-state index contributed by atoms with van der Waals surface area (Å²) in [6, 6.07) is 7.25. The fourth-order valence-corrected chi connectivity index (χ4v) is 3.52. The van der Waals surface area contributed by atoms with Gasteiger partial charge in [0.2, 0.25) is 0 Å². The van der Waals surface area contributed by atoms with Crippen LogP contribution < -0.4 is 10.2 Å². The SMILES string of the molecule is CCC(NC1CCCN(c2ccc(C#N)cc2F)C1)c1cnn(C)c1. The van der Waals surface area contributed by atoms with E-state index < -0.39 is 0 Å². The number of nitriles is 1. The van der Waals surface area contributed by atoms with Gasteiger partial charge in [0.25, 0.3) is 0 Å². The second kappa shape index (κ2) is 7.66. The standard InChI is InChI=1S/C19H24FN5/c1-3-18(15-11-22-24(2)12-15)23-16-5-4-8-25(13-16)19-7-6-14(10-21)9-17(19)20/h6-7,9,11-12,16,18,23H,3-5,8,13H2,1-2H3. The lowest BCUT2D eigenvalue weighted by atomic mass is 10.0. The first kappa shape index (κ1) is 17.4. The van der Waals surface area contributed by atoms with Crippen LogP contribution in [0, 0.1) is 17.1 Å². The molecule has 6 heteroatoms. The van der Waals surface area contributed by atoms with Crippen molar-refractivity contribution < 1.29 is 4.39 Å². The van der Waals surface area contributed by atoms with E-state index in [2.05, 4.69) is 22.2 Å². The summed E-state index contributed by atoms with van der Waals surface area (Å²) in [5, 5.41) is 16.9. The number of nitrogens with one attached hydrogen (secondary N) is 1. The molecule has 132 valence electrons. The maximum absolute atomic E-state index is 14.3. The first-order valence-electron chi connectivity index (χ1n) is 8.80. The average molecular weight is 341 g/mol. The molecule has 1 aromatic carbocycles. The summed E-state index contributed by atoms with van der Waals surface area (Å²) in [5.41, 5.74) is 2.13. The van der Waals surface area contributed by atoms with Crippen molar-refractivity contribution in [1.82, 2.24) is 15.1 Å². The number of anilines is 1. The van der Waals surface area contributed by atoms with Crippen LogP contribution in [-0.2, 0) is 7.05 Å². The van der Waals surface area contributed by atoms with E-state index in [-0.39, 0.29) is 11.9 Å². The largest absolute Gasteiger partial charge is 0.368 e. The van der Waals surface area contributed by atoms with E-state index in [4.69, 9.17) is 5.26 Å². The number of nitrogens with zero attached hydrogens (tertiary/aromatic N) is 4. The Kier molecular flexibility index (Phi) is 5.34. The van der Waals surface area contributed by atoms with Gasteiger partial charge in [0, 0.05) is 44.0 Å². The lowest BCUT2D eigenvalue weighted by molar-refractivity contribution is 0.370. The summed E-state index contributed by atoms with van der Waals surface area (Å²) >= 11 is 0. The van der Waals surface area contributed by atoms with Gasteiger partial charge in [0.1, 0.15) is 5.82 Å². The molecule has 0 bridgehead atoms. The minimum absolute atomic E-state index is 0.254. The van der Waals surface area contributed by atoms with Crippen molar-refractivity contribution in [1.29, 1.82) is 5.26 Å². The minimum atomic E-state index is -0.320. The number of benzene rings is 1. The molecular formula is C19H24FN5. The number of rotatable bonds is 5. The van der Waals surface area contributed by atoms with Gasteiger partial charge >= 0.3 is 0 Å². The summed E-state index contributed by atoms with van der Waals surface area (Å²) in [4.78, 5) is 2.08. The van der Waals surface area contributed by atoms with Crippen molar-refractivity contribution in [3.8, 4) is 6.07 Å². The number of hydrogen-bond acceptors (Lipinski definition) is 4. The number of hydrogen-bond donors (Lipinski definition) is 1. The van der Waals surface area contributed by atoms with E-state index in [1.165, 1.54) is 11.6 Å². The van der Waals surface area contributed by atoms with Gasteiger partial charge < -0.3 is 10.2 Å². The van der Waals surface area contributed by atoms with Crippen LogP contribution in [0.4, 0.5) is 10.1 Å². The third-order valence-corrected chi connectivity index (χ3v) is 4.81. The van der Waals surface area contributed by atoms with Crippen LogP contribution in [0.15, 0.2) is 30.6 Å². The highest BCUT2D eigenvalue weighted by Crippen LogP contribution is 2.26. The number of halogens is 1. The molecule has 1 fully saturated rings. The zero-order valence-corrected chi connectivity index (χ0v) is 14.7. The molecule has 2 heterocycles. The second-order valence-electron chi connectivity index (χ2n) is 6.64. The Morgan fingerprint density at radius 3 is 2.96 bits per heavy atom. The van der Waals surface area contributed by atoms with E-state index >= 15 is 0 Å². The molecule has 1 aliphatic rings. The Balaban J connectivity index is 1.69. The molecule has 2 atom stereocenters. The van der Waals surface area contributed by atoms with Gasteiger partial charge in [-0.25, -0.2) is 4.39 Å². The fraction of sp³-hybridized carbons (Fsp3) is 0.474. The molecule has 1 aliphatic heterocycles. The number of aryl methyl sites for hydroxylation is 1. The molecule has 0 amide bonds. The third kappa shape index (κ3) is 3.99.